The van der Waals surface area contributed by atoms with Crippen LogP contribution in [-0.4, -0.2) is 21.8 Å². The summed E-state index contributed by atoms with van der Waals surface area (Å²) in [5, 5.41) is 5.35. The number of benzene rings is 1. The molecule has 2 rings (SSSR count). The van der Waals surface area contributed by atoms with Gasteiger partial charge >= 0.3 is 0 Å². The molecule has 0 aliphatic heterocycles. The predicted molar refractivity (Wildman–Crippen MR) is 75.5 cm³/mol. The number of nitrogens with one attached hydrogen (secondary N) is 2. The quantitative estimate of drug-likeness (QED) is 0.893. The maximum Gasteiger partial charge on any atom is 0.275 e. The molecule has 0 spiro atoms. The fourth-order valence-corrected chi connectivity index (χ4v) is 1.58. The van der Waals surface area contributed by atoms with E-state index in [2.05, 4.69) is 20.6 Å². The van der Waals surface area contributed by atoms with Crippen LogP contribution in [0.5, 0.6) is 0 Å². The van der Waals surface area contributed by atoms with Crippen molar-refractivity contribution in [2.75, 3.05) is 10.6 Å². The van der Waals surface area contributed by atoms with Gasteiger partial charge in [0.25, 0.3) is 5.91 Å². The van der Waals surface area contributed by atoms with E-state index < -0.39 is 0 Å². The third-order valence-corrected chi connectivity index (χ3v) is 2.45. The number of amides is 2. The van der Waals surface area contributed by atoms with Crippen molar-refractivity contribution in [1.29, 1.82) is 0 Å². The molecule has 0 radical (unpaired) electrons. The topological polar surface area (TPSA) is 84.0 Å². The smallest absolute Gasteiger partial charge is 0.275 e. The fourth-order valence-electron chi connectivity index (χ4n) is 1.58. The highest BCUT2D eigenvalue weighted by atomic mass is 16.2. The molecule has 102 valence electrons. The van der Waals surface area contributed by atoms with Gasteiger partial charge in [-0.25, -0.2) is 4.98 Å². The summed E-state index contributed by atoms with van der Waals surface area (Å²) in [6, 6.07) is 6.87. The zero-order valence-corrected chi connectivity index (χ0v) is 11.2. The van der Waals surface area contributed by atoms with Crippen LogP contribution < -0.4 is 10.6 Å². The number of carbonyl (C=O) groups excluding carboxylic acids is 2. The minimum atomic E-state index is -0.350. The van der Waals surface area contributed by atoms with Crippen molar-refractivity contribution < 1.29 is 9.59 Å². The van der Waals surface area contributed by atoms with Gasteiger partial charge in [0.2, 0.25) is 5.91 Å². The summed E-state index contributed by atoms with van der Waals surface area (Å²) >= 11 is 0. The Hall–Kier alpha value is -2.76. The van der Waals surface area contributed by atoms with Crippen LogP contribution in [0.4, 0.5) is 11.4 Å². The minimum absolute atomic E-state index is 0.169. The van der Waals surface area contributed by atoms with E-state index in [1.54, 1.807) is 31.2 Å². The van der Waals surface area contributed by atoms with Gasteiger partial charge < -0.3 is 10.6 Å². The number of aromatic nitrogens is 2. The Morgan fingerprint density at radius 2 is 1.75 bits per heavy atom. The van der Waals surface area contributed by atoms with E-state index in [-0.39, 0.29) is 17.5 Å². The fraction of sp³-hybridized carbons (Fsp3) is 0.143. The highest BCUT2D eigenvalue weighted by Crippen LogP contribution is 2.15. The Morgan fingerprint density at radius 1 is 1.05 bits per heavy atom. The minimum Gasteiger partial charge on any atom is -0.326 e. The first kappa shape index (κ1) is 13.7. The summed E-state index contributed by atoms with van der Waals surface area (Å²) < 4.78 is 0. The van der Waals surface area contributed by atoms with Gasteiger partial charge in [-0.05, 0) is 25.1 Å². The van der Waals surface area contributed by atoms with Gasteiger partial charge in [-0.2, -0.15) is 0 Å². The van der Waals surface area contributed by atoms with E-state index >= 15 is 0 Å². The van der Waals surface area contributed by atoms with Crippen LogP contribution in [0.2, 0.25) is 0 Å². The monoisotopic (exact) mass is 270 g/mol. The molecule has 2 aromatic rings. The first-order chi connectivity index (χ1) is 9.54. The van der Waals surface area contributed by atoms with Gasteiger partial charge in [0.05, 0.1) is 11.9 Å². The maximum atomic E-state index is 12.0. The molecule has 2 amide bonds. The van der Waals surface area contributed by atoms with Crippen molar-refractivity contribution in [2.24, 2.45) is 0 Å². The first-order valence-corrected chi connectivity index (χ1v) is 6.02. The van der Waals surface area contributed by atoms with Gasteiger partial charge in [0.1, 0.15) is 5.69 Å². The average molecular weight is 270 g/mol. The molecule has 0 bridgehead atoms. The molecule has 0 unspecified atom stereocenters. The van der Waals surface area contributed by atoms with Crippen molar-refractivity contribution in [2.45, 2.75) is 13.8 Å². The zero-order valence-electron chi connectivity index (χ0n) is 11.2. The highest BCUT2D eigenvalue weighted by molar-refractivity contribution is 6.03. The number of aryl methyl sites for hydroxylation is 1. The Bertz CT molecular complexity index is 638. The lowest BCUT2D eigenvalue weighted by Crippen LogP contribution is -2.14. The molecule has 6 heteroatoms. The molecule has 0 atom stereocenters. The lowest BCUT2D eigenvalue weighted by molar-refractivity contribution is -0.114. The van der Waals surface area contributed by atoms with Crippen LogP contribution in [0.15, 0.2) is 36.7 Å². The van der Waals surface area contributed by atoms with Crippen LogP contribution in [0.1, 0.15) is 23.1 Å². The van der Waals surface area contributed by atoms with Gasteiger partial charge in [-0.1, -0.05) is 6.07 Å². The van der Waals surface area contributed by atoms with Crippen LogP contribution in [0.25, 0.3) is 0 Å². The second-order valence-electron chi connectivity index (χ2n) is 4.26. The van der Waals surface area contributed by atoms with Crippen molar-refractivity contribution in [3.63, 3.8) is 0 Å². The molecule has 0 aliphatic rings. The summed E-state index contributed by atoms with van der Waals surface area (Å²) in [5.74, 6) is -0.518. The molecule has 0 fully saturated rings. The number of hydrogen-bond donors (Lipinski definition) is 2. The SMILES string of the molecule is CC(=O)Nc1cccc(NC(=O)c2cnc(C)cn2)c1. The Labute approximate surface area is 116 Å². The van der Waals surface area contributed by atoms with E-state index in [0.717, 1.165) is 5.69 Å². The van der Waals surface area contributed by atoms with Crippen LogP contribution in [-0.2, 0) is 4.79 Å². The van der Waals surface area contributed by atoms with Crippen LogP contribution >= 0.6 is 0 Å². The Morgan fingerprint density at radius 3 is 2.35 bits per heavy atom. The Kier molecular flexibility index (Phi) is 4.05. The third-order valence-electron chi connectivity index (χ3n) is 2.45. The summed E-state index contributed by atoms with van der Waals surface area (Å²) in [5.41, 5.74) is 2.17. The van der Waals surface area contributed by atoms with Crippen molar-refractivity contribution >= 4 is 23.2 Å². The Balaban J connectivity index is 2.11. The van der Waals surface area contributed by atoms with Crippen LogP contribution in [0, 0.1) is 6.92 Å². The molecule has 20 heavy (non-hydrogen) atoms. The molecule has 0 aliphatic carbocycles. The second-order valence-corrected chi connectivity index (χ2v) is 4.26. The number of rotatable bonds is 3. The van der Waals surface area contributed by atoms with Gasteiger partial charge in [0, 0.05) is 24.5 Å². The second kappa shape index (κ2) is 5.92. The number of anilines is 2. The van der Waals surface area contributed by atoms with E-state index in [0.29, 0.717) is 11.4 Å². The van der Waals surface area contributed by atoms with E-state index in [4.69, 9.17) is 0 Å². The molecule has 0 saturated carbocycles. The molecular formula is C14H14N4O2. The largest absolute Gasteiger partial charge is 0.326 e. The van der Waals surface area contributed by atoms with E-state index in [1.807, 2.05) is 0 Å². The standard InChI is InChI=1S/C14H14N4O2/c1-9-7-16-13(8-15-9)14(20)18-12-5-3-4-11(6-12)17-10(2)19/h3-8H,1-2H3,(H,17,19)(H,18,20). The molecule has 1 heterocycles. The number of hydrogen-bond acceptors (Lipinski definition) is 4. The molecule has 0 saturated heterocycles. The summed E-state index contributed by atoms with van der Waals surface area (Å²) in [4.78, 5) is 31.0. The molecular weight excluding hydrogens is 256 g/mol. The average Bonchev–Trinajstić information content (AvgIpc) is 2.39. The number of nitrogens with zero attached hydrogens (tertiary/aromatic N) is 2. The summed E-state index contributed by atoms with van der Waals surface area (Å²) in [6.45, 7) is 3.22. The predicted octanol–water partition coefficient (Wildman–Crippen LogP) is 2.00. The molecule has 1 aromatic carbocycles. The normalized spacial score (nSPS) is 9.90. The highest BCUT2D eigenvalue weighted by Gasteiger charge is 2.08. The third kappa shape index (κ3) is 3.61. The maximum absolute atomic E-state index is 12.0. The first-order valence-electron chi connectivity index (χ1n) is 6.02. The summed E-state index contributed by atoms with van der Waals surface area (Å²) in [6.07, 6.45) is 2.95. The lowest BCUT2D eigenvalue weighted by Gasteiger charge is -2.07. The zero-order chi connectivity index (χ0) is 14.5. The van der Waals surface area contributed by atoms with E-state index in [1.165, 1.54) is 19.3 Å². The molecule has 2 N–H and O–H groups in total. The van der Waals surface area contributed by atoms with E-state index in [9.17, 15) is 9.59 Å². The number of carbonyl (C=O) groups is 2. The van der Waals surface area contributed by atoms with Gasteiger partial charge in [0.15, 0.2) is 0 Å². The van der Waals surface area contributed by atoms with Crippen molar-refractivity contribution in [3.8, 4) is 0 Å². The summed E-state index contributed by atoms with van der Waals surface area (Å²) in [7, 11) is 0. The van der Waals surface area contributed by atoms with Crippen LogP contribution in [0.3, 0.4) is 0 Å². The molecule has 6 nitrogen and oxygen atoms in total. The molecule has 1 aromatic heterocycles. The van der Waals surface area contributed by atoms with Crippen molar-refractivity contribution in [3.05, 3.63) is 48.0 Å². The van der Waals surface area contributed by atoms with Crippen molar-refractivity contribution in [1.82, 2.24) is 9.97 Å². The lowest BCUT2D eigenvalue weighted by atomic mass is 10.2. The van der Waals surface area contributed by atoms with Gasteiger partial charge in [-0.15, -0.1) is 0 Å². The van der Waals surface area contributed by atoms with Gasteiger partial charge in [-0.3, -0.25) is 14.6 Å².